The maximum Gasteiger partial charge on any atom is 0.0720 e. The standard InChI is InChI=1S/C52H41N/c1-37-18-15-26-42(35-34-37)53(41-24-9-4-10-25-41)43-27-16-23-40(36-43)51(38-19-5-2-6-20-38)47-31-13-14-32-48(47)52(39-21-7-3-8-22-39)46-30-12-11-28-44(46)45-29-17-33-49(51)50(45)52/h2-5,7-19,21-37H,6,20H2,1H3. The number of hydrogen-bond donors (Lipinski definition) is 0. The molecule has 3 unspecified atom stereocenters. The van der Waals surface area contributed by atoms with Crippen molar-refractivity contribution in [1.82, 2.24) is 0 Å². The molecule has 10 rings (SSSR count). The summed E-state index contributed by atoms with van der Waals surface area (Å²) >= 11 is 0. The van der Waals surface area contributed by atoms with Crippen LogP contribution in [0.5, 0.6) is 0 Å². The van der Waals surface area contributed by atoms with Crippen LogP contribution in [0.25, 0.3) is 11.1 Å². The van der Waals surface area contributed by atoms with E-state index in [1.807, 2.05) is 0 Å². The monoisotopic (exact) mass is 679 g/mol. The van der Waals surface area contributed by atoms with E-state index in [4.69, 9.17) is 0 Å². The predicted molar refractivity (Wildman–Crippen MR) is 221 cm³/mol. The minimum Gasteiger partial charge on any atom is -0.311 e. The van der Waals surface area contributed by atoms with Gasteiger partial charge in [-0.1, -0.05) is 176 Å². The quantitative estimate of drug-likeness (QED) is 0.169. The van der Waals surface area contributed by atoms with Gasteiger partial charge in [-0.15, -0.1) is 0 Å². The molecule has 6 aromatic rings. The number of para-hydroxylation sites is 1. The molecule has 6 aromatic carbocycles. The van der Waals surface area contributed by atoms with Gasteiger partial charge in [0.2, 0.25) is 0 Å². The fourth-order valence-corrected chi connectivity index (χ4v) is 9.89. The molecule has 0 heterocycles. The Morgan fingerprint density at radius 1 is 0.528 bits per heavy atom. The second-order valence-corrected chi connectivity index (χ2v) is 14.8. The summed E-state index contributed by atoms with van der Waals surface area (Å²) < 4.78 is 0. The average Bonchev–Trinajstić information content (AvgIpc) is 3.37. The number of benzene rings is 6. The van der Waals surface area contributed by atoms with Gasteiger partial charge >= 0.3 is 0 Å². The van der Waals surface area contributed by atoms with Crippen molar-refractivity contribution in [3.8, 4) is 11.1 Å². The Morgan fingerprint density at radius 3 is 1.96 bits per heavy atom. The number of rotatable bonds is 6. The summed E-state index contributed by atoms with van der Waals surface area (Å²) in [6, 6.07) is 57.1. The van der Waals surface area contributed by atoms with E-state index >= 15 is 0 Å². The normalized spacial score (nSPS) is 21.9. The molecule has 53 heavy (non-hydrogen) atoms. The van der Waals surface area contributed by atoms with Gasteiger partial charge in [-0.25, -0.2) is 0 Å². The summed E-state index contributed by atoms with van der Waals surface area (Å²) in [6.07, 6.45) is 20.3. The van der Waals surface area contributed by atoms with Crippen LogP contribution in [0.2, 0.25) is 0 Å². The first-order valence-electron chi connectivity index (χ1n) is 19.0. The lowest BCUT2D eigenvalue weighted by atomic mass is 9.51. The van der Waals surface area contributed by atoms with Gasteiger partial charge in [0.25, 0.3) is 0 Å². The highest BCUT2D eigenvalue weighted by Gasteiger charge is 2.57. The van der Waals surface area contributed by atoms with Crippen molar-refractivity contribution in [2.24, 2.45) is 5.92 Å². The highest BCUT2D eigenvalue weighted by atomic mass is 15.1. The second kappa shape index (κ2) is 12.5. The van der Waals surface area contributed by atoms with Crippen LogP contribution in [0.4, 0.5) is 11.4 Å². The Labute approximate surface area is 313 Å². The number of hydrogen-bond acceptors (Lipinski definition) is 1. The van der Waals surface area contributed by atoms with Gasteiger partial charge < -0.3 is 4.90 Å². The molecule has 4 aliphatic carbocycles. The molecule has 0 amide bonds. The number of nitrogens with zero attached hydrogens (tertiary/aromatic N) is 1. The van der Waals surface area contributed by atoms with Gasteiger partial charge in [-0.05, 0) is 105 Å². The van der Waals surface area contributed by atoms with Crippen molar-refractivity contribution in [3.05, 3.63) is 250 Å². The number of allylic oxidation sites excluding steroid dienone is 9. The van der Waals surface area contributed by atoms with Crippen LogP contribution in [0.3, 0.4) is 0 Å². The zero-order valence-corrected chi connectivity index (χ0v) is 30.0. The van der Waals surface area contributed by atoms with Crippen LogP contribution in [0.1, 0.15) is 58.7 Å². The molecule has 4 aliphatic rings. The Hall–Kier alpha value is -6.18. The fraction of sp³-hybridized carbons (Fsp3) is 0.115. The Kier molecular flexibility index (Phi) is 7.44. The molecule has 1 nitrogen and oxygen atoms in total. The van der Waals surface area contributed by atoms with Gasteiger partial charge in [0, 0.05) is 17.1 Å². The van der Waals surface area contributed by atoms with Crippen LogP contribution < -0.4 is 4.90 Å². The topological polar surface area (TPSA) is 3.24 Å². The zero-order valence-electron chi connectivity index (χ0n) is 30.0. The molecule has 1 heteroatoms. The van der Waals surface area contributed by atoms with E-state index in [0.717, 1.165) is 29.9 Å². The van der Waals surface area contributed by atoms with E-state index in [1.54, 1.807) is 0 Å². The van der Waals surface area contributed by atoms with E-state index in [2.05, 4.69) is 212 Å². The summed E-state index contributed by atoms with van der Waals surface area (Å²) in [5.74, 6) is 0.371. The van der Waals surface area contributed by atoms with Crippen molar-refractivity contribution in [2.75, 3.05) is 4.90 Å². The third-order valence-corrected chi connectivity index (χ3v) is 12.0. The van der Waals surface area contributed by atoms with E-state index in [-0.39, 0.29) is 0 Å². The summed E-state index contributed by atoms with van der Waals surface area (Å²) in [7, 11) is 0. The summed E-state index contributed by atoms with van der Waals surface area (Å²) in [5.41, 5.74) is 16.1. The third kappa shape index (κ3) is 4.57. The van der Waals surface area contributed by atoms with Crippen LogP contribution in [0, 0.1) is 5.92 Å². The van der Waals surface area contributed by atoms with E-state index in [1.165, 1.54) is 55.6 Å². The summed E-state index contributed by atoms with van der Waals surface area (Å²) in [4.78, 5) is 2.42. The van der Waals surface area contributed by atoms with Crippen molar-refractivity contribution >= 4 is 11.4 Å². The highest BCUT2D eigenvalue weighted by molar-refractivity contribution is 5.92. The van der Waals surface area contributed by atoms with E-state index in [9.17, 15) is 0 Å². The average molecular weight is 680 g/mol. The molecule has 0 N–H and O–H groups in total. The molecule has 0 bridgehead atoms. The maximum atomic E-state index is 2.48. The molecule has 0 spiro atoms. The molecule has 0 aliphatic heterocycles. The predicted octanol–water partition coefficient (Wildman–Crippen LogP) is 12.8. The largest absolute Gasteiger partial charge is 0.311 e. The van der Waals surface area contributed by atoms with Crippen molar-refractivity contribution in [3.63, 3.8) is 0 Å². The molecular weight excluding hydrogens is 639 g/mol. The van der Waals surface area contributed by atoms with Crippen LogP contribution >= 0.6 is 0 Å². The van der Waals surface area contributed by atoms with E-state index in [0.29, 0.717) is 5.92 Å². The molecule has 0 fully saturated rings. The molecule has 0 aromatic heterocycles. The number of anilines is 2. The summed E-state index contributed by atoms with van der Waals surface area (Å²) in [6.45, 7) is 2.24. The SMILES string of the molecule is CC1C=CC=C(N(c2ccccc2)c2cccc(C3(C4=CC=CCC4)c4ccccc4C4(c5ccccc5)c5ccccc5-c5cccc3c54)c2)C=C1. The third-order valence-electron chi connectivity index (χ3n) is 12.0. The smallest absolute Gasteiger partial charge is 0.0720 e. The van der Waals surface area contributed by atoms with Crippen molar-refractivity contribution in [2.45, 2.75) is 30.6 Å². The van der Waals surface area contributed by atoms with E-state index < -0.39 is 10.8 Å². The summed E-state index contributed by atoms with van der Waals surface area (Å²) in [5, 5.41) is 0. The molecule has 254 valence electrons. The Bertz CT molecular complexity index is 2530. The molecule has 0 radical (unpaired) electrons. The first kappa shape index (κ1) is 31.5. The highest BCUT2D eigenvalue weighted by Crippen LogP contribution is 2.66. The van der Waals surface area contributed by atoms with Gasteiger partial charge in [-0.2, -0.15) is 0 Å². The van der Waals surface area contributed by atoms with Gasteiger partial charge in [0.05, 0.1) is 10.8 Å². The van der Waals surface area contributed by atoms with Crippen molar-refractivity contribution < 1.29 is 0 Å². The zero-order chi connectivity index (χ0) is 35.4. The minimum absolute atomic E-state index is 0.371. The fourth-order valence-electron chi connectivity index (χ4n) is 9.89. The number of fused-ring (bicyclic) bond motifs is 5. The molecule has 3 atom stereocenters. The lowest BCUT2D eigenvalue weighted by Crippen LogP contribution is -2.45. The van der Waals surface area contributed by atoms with Gasteiger partial charge in [-0.3, -0.25) is 0 Å². The van der Waals surface area contributed by atoms with Crippen LogP contribution in [-0.2, 0) is 10.8 Å². The lowest BCUT2D eigenvalue weighted by Gasteiger charge is -2.50. The molecule has 0 saturated heterocycles. The first-order valence-corrected chi connectivity index (χ1v) is 19.0. The Balaban J connectivity index is 1.31. The van der Waals surface area contributed by atoms with Crippen LogP contribution in [-0.4, -0.2) is 0 Å². The van der Waals surface area contributed by atoms with Gasteiger partial charge in [0.15, 0.2) is 0 Å². The van der Waals surface area contributed by atoms with Gasteiger partial charge in [0.1, 0.15) is 0 Å². The Morgan fingerprint density at radius 2 is 1.17 bits per heavy atom. The maximum absolute atomic E-state index is 2.48. The van der Waals surface area contributed by atoms with Crippen LogP contribution in [0.15, 0.2) is 212 Å². The van der Waals surface area contributed by atoms with Crippen molar-refractivity contribution in [1.29, 1.82) is 0 Å². The molecular formula is C52H41N. The second-order valence-electron chi connectivity index (χ2n) is 14.8. The minimum atomic E-state index is -0.520. The molecule has 0 saturated carbocycles. The first-order chi connectivity index (χ1) is 26.2. The lowest BCUT2D eigenvalue weighted by molar-refractivity contribution is 0.598.